The van der Waals surface area contributed by atoms with E-state index in [0.717, 1.165) is 0 Å². The van der Waals surface area contributed by atoms with E-state index in [1.54, 1.807) is 25.5 Å². The molecule has 0 spiro atoms. The van der Waals surface area contributed by atoms with Crippen molar-refractivity contribution in [1.29, 1.82) is 0 Å². The molecule has 1 heterocycles. The Hall–Kier alpha value is -1.69. The summed E-state index contributed by atoms with van der Waals surface area (Å²) >= 11 is 0. The zero-order valence-electron chi connectivity index (χ0n) is 8.60. The van der Waals surface area contributed by atoms with Gasteiger partial charge in [-0.05, 0) is 6.92 Å². The topological polar surface area (TPSA) is 92.9 Å². The van der Waals surface area contributed by atoms with Gasteiger partial charge in [0.25, 0.3) is 0 Å². The SMILES string of the molecule is CC(N)C(=O)NCCNc1cnccn1. The minimum absolute atomic E-state index is 0.157. The maximum atomic E-state index is 11.1. The van der Waals surface area contributed by atoms with Crippen LogP contribution in [-0.2, 0) is 4.79 Å². The van der Waals surface area contributed by atoms with E-state index in [2.05, 4.69) is 20.6 Å². The highest BCUT2D eigenvalue weighted by Gasteiger charge is 2.04. The van der Waals surface area contributed by atoms with Crippen molar-refractivity contribution in [1.82, 2.24) is 15.3 Å². The van der Waals surface area contributed by atoms with Crippen molar-refractivity contribution in [2.24, 2.45) is 5.73 Å². The maximum absolute atomic E-state index is 11.1. The number of carbonyl (C=O) groups is 1. The van der Waals surface area contributed by atoms with Crippen molar-refractivity contribution in [3.05, 3.63) is 18.6 Å². The zero-order valence-corrected chi connectivity index (χ0v) is 8.60. The number of nitrogens with zero attached hydrogens (tertiary/aromatic N) is 2. The van der Waals surface area contributed by atoms with Gasteiger partial charge in [-0.25, -0.2) is 4.98 Å². The van der Waals surface area contributed by atoms with Crippen LogP contribution in [0.25, 0.3) is 0 Å². The number of amides is 1. The fourth-order valence-corrected chi connectivity index (χ4v) is 0.928. The van der Waals surface area contributed by atoms with Gasteiger partial charge in [-0.2, -0.15) is 0 Å². The summed E-state index contributed by atoms with van der Waals surface area (Å²) < 4.78 is 0. The van der Waals surface area contributed by atoms with Gasteiger partial charge in [0.2, 0.25) is 5.91 Å². The van der Waals surface area contributed by atoms with Crippen LogP contribution in [-0.4, -0.2) is 35.0 Å². The summed E-state index contributed by atoms with van der Waals surface area (Å²) in [5.41, 5.74) is 5.37. The summed E-state index contributed by atoms with van der Waals surface area (Å²) in [6.45, 7) is 2.75. The smallest absolute Gasteiger partial charge is 0.236 e. The largest absolute Gasteiger partial charge is 0.367 e. The molecule has 6 heteroatoms. The van der Waals surface area contributed by atoms with Crippen molar-refractivity contribution >= 4 is 11.7 Å². The molecule has 0 bridgehead atoms. The van der Waals surface area contributed by atoms with Crippen LogP contribution in [0.4, 0.5) is 5.82 Å². The molecule has 4 N–H and O–H groups in total. The summed E-state index contributed by atoms with van der Waals surface area (Å²) in [7, 11) is 0. The molecular weight excluding hydrogens is 194 g/mol. The summed E-state index contributed by atoms with van der Waals surface area (Å²) in [4.78, 5) is 19.0. The molecule has 0 radical (unpaired) electrons. The molecular formula is C9H15N5O. The highest BCUT2D eigenvalue weighted by atomic mass is 16.2. The number of aromatic nitrogens is 2. The summed E-state index contributed by atoms with van der Waals surface area (Å²) in [5.74, 6) is 0.531. The second-order valence-electron chi connectivity index (χ2n) is 3.10. The minimum atomic E-state index is -0.471. The van der Waals surface area contributed by atoms with E-state index in [1.165, 1.54) is 0 Å². The number of hydrogen-bond acceptors (Lipinski definition) is 5. The third-order valence-corrected chi connectivity index (χ3v) is 1.71. The Morgan fingerprint density at radius 1 is 1.53 bits per heavy atom. The Balaban J connectivity index is 2.15. The first-order valence-electron chi connectivity index (χ1n) is 4.73. The molecule has 1 aromatic rings. The highest BCUT2D eigenvalue weighted by molar-refractivity contribution is 5.80. The van der Waals surface area contributed by atoms with E-state index < -0.39 is 6.04 Å². The molecule has 0 fully saturated rings. The van der Waals surface area contributed by atoms with Gasteiger partial charge >= 0.3 is 0 Å². The van der Waals surface area contributed by atoms with Gasteiger partial charge < -0.3 is 16.4 Å². The lowest BCUT2D eigenvalue weighted by atomic mass is 10.3. The van der Waals surface area contributed by atoms with Crippen LogP contribution in [0.3, 0.4) is 0 Å². The molecule has 1 aromatic heterocycles. The zero-order chi connectivity index (χ0) is 11.1. The molecule has 1 unspecified atom stereocenters. The number of rotatable bonds is 5. The summed E-state index contributed by atoms with van der Waals surface area (Å²) in [6.07, 6.45) is 4.82. The van der Waals surface area contributed by atoms with Crippen LogP contribution in [0.5, 0.6) is 0 Å². The van der Waals surface area contributed by atoms with Gasteiger partial charge in [-0.1, -0.05) is 0 Å². The van der Waals surface area contributed by atoms with E-state index >= 15 is 0 Å². The van der Waals surface area contributed by atoms with E-state index in [-0.39, 0.29) is 5.91 Å². The molecule has 0 saturated heterocycles. The van der Waals surface area contributed by atoms with Gasteiger partial charge in [0, 0.05) is 25.5 Å². The van der Waals surface area contributed by atoms with Crippen molar-refractivity contribution in [3.63, 3.8) is 0 Å². The predicted octanol–water partition coefficient (Wildman–Crippen LogP) is -0.648. The number of nitrogens with two attached hydrogens (primary N) is 1. The summed E-state index contributed by atoms with van der Waals surface area (Å²) in [5, 5.41) is 5.69. The monoisotopic (exact) mass is 209 g/mol. The molecule has 1 atom stereocenters. The van der Waals surface area contributed by atoms with Crippen molar-refractivity contribution in [2.75, 3.05) is 18.4 Å². The second-order valence-corrected chi connectivity index (χ2v) is 3.10. The molecule has 0 aliphatic carbocycles. The second kappa shape index (κ2) is 5.92. The maximum Gasteiger partial charge on any atom is 0.236 e. The first kappa shape index (κ1) is 11.4. The molecule has 0 aliphatic heterocycles. The van der Waals surface area contributed by atoms with Crippen molar-refractivity contribution in [2.45, 2.75) is 13.0 Å². The lowest BCUT2D eigenvalue weighted by Gasteiger charge is -2.08. The lowest BCUT2D eigenvalue weighted by Crippen LogP contribution is -2.40. The third kappa shape index (κ3) is 4.37. The molecule has 1 rings (SSSR count). The number of carbonyl (C=O) groups excluding carboxylic acids is 1. The minimum Gasteiger partial charge on any atom is -0.367 e. The van der Waals surface area contributed by atoms with E-state index in [9.17, 15) is 4.79 Å². The molecule has 1 amide bonds. The van der Waals surface area contributed by atoms with Gasteiger partial charge in [-0.15, -0.1) is 0 Å². The first-order valence-corrected chi connectivity index (χ1v) is 4.73. The fraction of sp³-hybridized carbons (Fsp3) is 0.444. The van der Waals surface area contributed by atoms with Gasteiger partial charge in [0.05, 0.1) is 12.2 Å². The standard InChI is InChI=1S/C9H15N5O/c1-7(10)9(15)14-5-4-13-8-6-11-2-3-12-8/h2-3,6-7H,4-5,10H2,1H3,(H,12,13)(H,14,15). The van der Waals surface area contributed by atoms with E-state index in [0.29, 0.717) is 18.9 Å². The normalized spacial score (nSPS) is 11.9. The quantitative estimate of drug-likeness (QED) is 0.560. The van der Waals surface area contributed by atoms with Crippen molar-refractivity contribution < 1.29 is 4.79 Å². The van der Waals surface area contributed by atoms with Gasteiger partial charge in [0.15, 0.2) is 0 Å². The number of nitrogens with one attached hydrogen (secondary N) is 2. The molecule has 6 nitrogen and oxygen atoms in total. The Morgan fingerprint density at radius 3 is 2.93 bits per heavy atom. The van der Waals surface area contributed by atoms with Gasteiger partial charge in [-0.3, -0.25) is 9.78 Å². The van der Waals surface area contributed by atoms with Gasteiger partial charge in [0.1, 0.15) is 5.82 Å². The van der Waals surface area contributed by atoms with Crippen LogP contribution in [0.1, 0.15) is 6.92 Å². The predicted molar refractivity (Wildman–Crippen MR) is 57.2 cm³/mol. The van der Waals surface area contributed by atoms with Crippen LogP contribution in [0.2, 0.25) is 0 Å². The van der Waals surface area contributed by atoms with E-state index in [1.807, 2.05) is 0 Å². The van der Waals surface area contributed by atoms with Crippen LogP contribution < -0.4 is 16.4 Å². The number of hydrogen-bond donors (Lipinski definition) is 3. The fourth-order valence-electron chi connectivity index (χ4n) is 0.928. The Morgan fingerprint density at radius 2 is 2.33 bits per heavy atom. The van der Waals surface area contributed by atoms with Crippen molar-refractivity contribution in [3.8, 4) is 0 Å². The molecule has 15 heavy (non-hydrogen) atoms. The highest BCUT2D eigenvalue weighted by Crippen LogP contribution is 1.94. The Bertz CT molecular complexity index is 301. The molecule has 82 valence electrons. The van der Waals surface area contributed by atoms with Crippen LogP contribution in [0.15, 0.2) is 18.6 Å². The van der Waals surface area contributed by atoms with Crippen LogP contribution in [0, 0.1) is 0 Å². The molecule has 0 saturated carbocycles. The average molecular weight is 209 g/mol. The third-order valence-electron chi connectivity index (χ3n) is 1.71. The molecule has 0 aromatic carbocycles. The average Bonchev–Trinajstić information content (AvgIpc) is 2.25. The summed E-state index contributed by atoms with van der Waals surface area (Å²) in [6, 6.07) is -0.471. The Kier molecular flexibility index (Phi) is 4.49. The molecule has 0 aliphatic rings. The van der Waals surface area contributed by atoms with Crippen LogP contribution >= 0.6 is 0 Å². The van der Waals surface area contributed by atoms with E-state index in [4.69, 9.17) is 5.73 Å². The number of anilines is 1. The Labute approximate surface area is 88.3 Å². The first-order chi connectivity index (χ1) is 7.20. The lowest BCUT2D eigenvalue weighted by molar-refractivity contribution is -0.121.